The summed E-state index contributed by atoms with van der Waals surface area (Å²) in [6, 6.07) is 11.1. The number of halogens is 2. The first kappa shape index (κ1) is 21.5. The van der Waals surface area contributed by atoms with Crippen LogP contribution >= 0.6 is 0 Å². The molecule has 1 N–H and O–H groups in total. The number of carbonyl (C=O) groups excluding carboxylic acids is 2. The van der Waals surface area contributed by atoms with Gasteiger partial charge in [0.2, 0.25) is 11.8 Å². The molecule has 0 fully saturated rings. The van der Waals surface area contributed by atoms with E-state index in [2.05, 4.69) is 5.32 Å². The second kappa shape index (κ2) is 9.97. The quantitative estimate of drug-likeness (QED) is 0.747. The molecule has 0 aliphatic rings. The minimum absolute atomic E-state index is 0.0732. The summed E-state index contributed by atoms with van der Waals surface area (Å²) in [5.74, 6) is -1.46. The van der Waals surface area contributed by atoms with Crippen molar-refractivity contribution in [1.82, 2.24) is 10.2 Å². The third kappa shape index (κ3) is 5.87. The highest BCUT2D eigenvalue weighted by Gasteiger charge is 2.29. The average molecular weight is 388 g/mol. The molecule has 0 saturated carbocycles. The van der Waals surface area contributed by atoms with Crippen molar-refractivity contribution >= 4 is 11.8 Å². The van der Waals surface area contributed by atoms with E-state index in [-0.39, 0.29) is 42.2 Å². The van der Waals surface area contributed by atoms with Gasteiger partial charge in [0.1, 0.15) is 17.7 Å². The molecule has 0 aromatic heterocycles. The van der Waals surface area contributed by atoms with Crippen LogP contribution < -0.4 is 5.32 Å². The van der Waals surface area contributed by atoms with Crippen molar-refractivity contribution in [2.45, 2.75) is 52.2 Å². The normalized spacial score (nSPS) is 11.9. The monoisotopic (exact) mass is 388 g/mol. The van der Waals surface area contributed by atoms with E-state index in [1.807, 2.05) is 20.8 Å². The molecule has 2 amide bonds. The second-order valence-electron chi connectivity index (χ2n) is 7.00. The van der Waals surface area contributed by atoms with Gasteiger partial charge in [0, 0.05) is 12.6 Å². The molecule has 2 aromatic carbocycles. The maximum atomic E-state index is 14.0. The summed E-state index contributed by atoms with van der Waals surface area (Å²) in [6.07, 6.45) is 0.252. The molecule has 0 unspecified atom stereocenters. The Morgan fingerprint density at radius 3 is 2.25 bits per heavy atom. The van der Waals surface area contributed by atoms with E-state index in [1.165, 1.54) is 23.1 Å². The summed E-state index contributed by atoms with van der Waals surface area (Å²) >= 11 is 0. The zero-order chi connectivity index (χ0) is 20.7. The lowest BCUT2D eigenvalue weighted by atomic mass is 10.1. The third-order valence-electron chi connectivity index (χ3n) is 4.38. The van der Waals surface area contributed by atoms with Crippen LogP contribution in [0.25, 0.3) is 0 Å². The first-order valence-corrected chi connectivity index (χ1v) is 9.39. The summed E-state index contributed by atoms with van der Waals surface area (Å²) in [5, 5.41) is 2.83. The van der Waals surface area contributed by atoms with Crippen LogP contribution in [0.15, 0.2) is 48.5 Å². The number of benzene rings is 2. The Bertz CT molecular complexity index is 806. The van der Waals surface area contributed by atoms with Crippen molar-refractivity contribution in [2.24, 2.45) is 0 Å². The van der Waals surface area contributed by atoms with Crippen molar-refractivity contribution < 1.29 is 18.4 Å². The number of nitrogens with zero attached hydrogens (tertiary/aromatic N) is 1. The molecule has 0 bridgehead atoms. The molecule has 4 nitrogen and oxygen atoms in total. The molecular weight excluding hydrogens is 362 g/mol. The Balaban J connectivity index is 2.30. The van der Waals surface area contributed by atoms with Crippen molar-refractivity contribution in [3.05, 3.63) is 71.3 Å². The van der Waals surface area contributed by atoms with Crippen molar-refractivity contribution in [3.8, 4) is 0 Å². The molecule has 28 heavy (non-hydrogen) atoms. The van der Waals surface area contributed by atoms with Crippen LogP contribution in [-0.2, 0) is 22.6 Å². The van der Waals surface area contributed by atoms with Crippen LogP contribution in [0, 0.1) is 11.6 Å². The van der Waals surface area contributed by atoms with Gasteiger partial charge in [-0.05, 0) is 49.6 Å². The Kier molecular flexibility index (Phi) is 7.67. The predicted molar refractivity (Wildman–Crippen MR) is 104 cm³/mol. The highest BCUT2D eigenvalue weighted by Crippen LogP contribution is 2.16. The minimum Gasteiger partial charge on any atom is -0.352 e. The predicted octanol–water partition coefficient (Wildman–Crippen LogP) is 3.84. The highest BCUT2D eigenvalue weighted by atomic mass is 19.1. The number of nitrogens with one attached hydrogen (secondary N) is 1. The van der Waals surface area contributed by atoms with E-state index in [9.17, 15) is 18.4 Å². The molecule has 0 spiro atoms. The topological polar surface area (TPSA) is 49.4 Å². The van der Waals surface area contributed by atoms with Crippen LogP contribution in [-0.4, -0.2) is 28.8 Å². The highest BCUT2D eigenvalue weighted by molar-refractivity contribution is 5.88. The number of hydrogen-bond acceptors (Lipinski definition) is 2. The first-order chi connectivity index (χ1) is 13.3. The summed E-state index contributed by atoms with van der Waals surface area (Å²) in [4.78, 5) is 27.1. The van der Waals surface area contributed by atoms with Gasteiger partial charge in [-0.25, -0.2) is 8.78 Å². The molecule has 6 heteroatoms. The fourth-order valence-corrected chi connectivity index (χ4v) is 2.99. The van der Waals surface area contributed by atoms with Gasteiger partial charge in [-0.1, -0.05) is 37.3 Å². The van der Waals surface area contributed by atoms with Crippen molar-refractivity contribution in [2.75, 3.05) is 0 Å². The molecular formula is C22H26F2N2O2. The minimum atomic E-state index is -0.702. The summed E-state index contributed by atoms with van der Waals surface area (Å²) < 4.78 is 27.2. The molecule has 2 rings (SSSR count). The van der Waals surface area contributed by atoms with Crippen molar-refractivity contribution in [3.63, 3.8) is 0 Å². The molecule has 0 aliphatic carbocycles. The van der Waals surface area contributed by atoms with Gasteiger partial charge >= 0.3 is 0 Å². The van der Waals surface area contributed by atoms with Gasteiger partial charge in [-0.2, -0.15) is 0 Å². The Hall–Kier alpha value is -2.76. The van der Waals surface area contributed by atoms with Gasteiger partial charge < -0.3 is 10.2 Å². The van der Waals surface area contributed by atoms with Crippen LogP contribution in [0.5, 0.6) is 0 Å². The molecule has 1 atom stereocenters. The zero-order valence-corrected chi connectivity index (χ0v) is 16.4. The Morgan fingerprint density at radius 2 is 1.68 bits per heavy atom. The van der Waals surface area contributed by atoms with Gasteiger partial charge in [-0.15, -0.1) is 0 Å². The SMILES string of the molecule is CC[C@H](C(=O)NC(C)C)N(Cc1ccc(F)cc1)C(=O)Cc1ccccc1F. The number of hydrogen-bond donors (Lipinski definition) is 1. The van der Waals surface area contributed by atoms with Crippen LogP contribution in [0.1, 0.15) is 38.3 Å². The van der Waals surface area contributed by atoms with E-state index in [0.717, 1.165) is 0 Å². The zero-order valence-electron chi connectivity index (χ0n) is 16.4. The van der Waals surface area contributed by atoms with Gasteiger partial charge in [0.05, 0.1) is 6.42 Å². The summed E-state index contributed by atoms with van der Waals surface area (Å²) in [6.45, 7) is 5.64. The Morgan fingerprint density at radius 1 is 1.04 bits per heavy atom. The van der Waals surface area contributed by atoms with E-state index in [4.69, 9.17) is 0 Å². The molecule has 0 radical (unpaired) electrons. The number of rotatable bonds is 8. The van der Waals surface area contributed by atoms with Gasteiger partial charge in [0.15, 0.2) is 0 Å². The van der Waals surface area contributed by atoms with Crippen molar-refractivity contribution in [1.29, 1.82) is 0 Å². The number of amides is 2. The largest absolute Gasteiger partial charge is 0.352 e. The van der Waals surface area contributed by atoms with Crippen LogP contribution in [0.2, 0.25) is 0 Å². The first-order valence-electron chi connectivity index (χ1n) is 9.39. The number of carbonyl (C=O) groups is 2. The second-order valence-corrected chi connectivity index (χ2v) is 7.00. The smallest absolute Gasteiger partial charge is 0.243 e. The third-order valence-corrected chi connectivity index (χ3v) is 4.38. The molecule has 0 saturated heterocycles. The maximum Gasteiger partial charge on any atom is 0.243 e. The van der Waals surface area contributed by atoms with Crippen LogP contribution in [0.3, 0.4) is 0 Å². The molecule has 0 heterocycles. The molecule has 2 aromatic rings. The van der Waals surface area contributed by atoms with Crippen LogP contribution in [0.4, 0.5) is 8.78 Å². The van der Waals surface area contributed by atoms with Gasteiger partial charge in [-0.3, -0.25) is 9.59 Å². The molecule has 150 valence electrons. The standard InChI is InChI=1S/C22H26F2N2O2/c1-4-20(22(28)25-15(2)3)26(14-16-9-11-18(23)12-10-16)21(27)13-17-7-5-6-8-19(17)24/h5-12,15,20H,4,13-14H2,1-3H3,(H,25,28)/t20-/m1/s1. The lowest BCUT2D eigenvalue weighted by Gasteiger charge is -2.31. The maximum absolute atomic E-state index is 14.0. The van der Waals surface area contributed by atoms with Gasteiger partial charge in [0.25, 0.3) is 0 Å². The van der Waals surface area contributed by atoms with E-state index >= 15 is 0 Å². The fraction of sp³-hybridized carbons (Fsp3) is 0.364. The lowest BCUT2D eigenvalue weighted by molar-refractivity contribution is -0.141. The summed E-state index contributed by atoms with van der Waals surface area (Å²) in [7, 11) is 0. The fourth-order valence-electron chi connectivity index (χ4n) is 2.99. The summed E-state index contributed by atoms with van der Waals surface area (Å²) in [5.41, 5.74) is 0.967. The molecule has 0 aliphatic heterocycles. The average Bonchev–Trinajstić information content (AvgIpc) is 2.64. The van der Waals surface area contributed by atoms with E-state index in [1.54, 1.807) is 30.3 Å². The van der Waals surface area contributed by atoms with E-state index < -0.39 is 11.9 Å². The lowest BCUT2D eigenvalue weighted by Crippen LogP contribution is -2.50. The van der Waals surface area contributed by atoms with E-state index in [0.29, 0.717) is 12.0 Å². The Labute approximate surface area is 164 Å².